The van der Waals surface area contributed by atoms with Gasteiger partial charge >= 0.3 is 20.8 Å². The third-order valence-electron chi connectivity index (χ3n) is 7.83. The first-order chi connectivity index (χ1) is 25.3. The van der Waals surface area contributed by atoms with Crippen LogP contribution in [0.4, 0.5) is 20.8 Å². The monoisotopic (exact) mass is 804 g/mol. The Morgan fingerprint density at radius 2 is 1.68 bits per heavy atom. The molecule has 0 radical (unpaired) electrons. The van der Waals surface area contributed by atoms with Crippen molar-refractivity contribution in [3.8, 4) is 0 Å². The number of anilines is 2. The number of aromatic nitrogens is 8. The van der Waals surface area contributed by atoms with Crippen LogP contribution in [0.2, 0.25) is 0 Å². The average molecular weight is 805 g/mol. The van der Waals surface area contributed by atoms with Crippen molar-refractivity contribution in [3.05, 3.63) is 36.8 Å². The molecule has 23 nitrogen and oxygen atoms in total. The summed E-state index contributed by atoms with van der Waals surface area (Å²) in [6.07, 6.45) is -6.67. The highest BCUT2D eigenvalue weighted by Gasteiger charge is 2.53. The number of aliphatic hydroxyl groups is 1. The predicted octanol–water partition coefficient (Wildman–Crippen LogP) is 2.73. The lowest BCUT2D eigenvalue weighted by Crippen LogP contribution is -2.35. The second-order valence-electron chi connectivity index (χ2n) is 11.5. The van der Waals surface area contributed by atoms with Gasteiger partial charge in [0, 0.05) is 18.5 Å². The van der Waals surface area contributed by atoms with Crippen molar-refractivity contribution in [2.75, 3.05) is 37.7 Å². The highest BCUT2D eigenvalue weighted by molar-refractivity contribution is 8.55. The van der Waals surface area contributed by atoms with E-state index in [1.807, 2.05) is 0 Å². The molecule has 4 aromatic heterocycles. The number of hydrogen-bond acceptors (Lipinski definition) is 22. The van der Waals surface area contributed by atoms with Gasteiger partial charge in [-0.2, -0.15) is 0 Å². The fourth-order valence-electron chi connectivity index (χ4n) is 5.41. The summed E-state index contributed by atoms with van der Waals surface area (Å²) >= 11 is 0.379. The normalized spacial score (nSPS) is 30.7. The number of halogens is 1. The van der Waals surface area contributed by atoms with Crippen LogP contribution < -0.4 is 11.5 Å². The van der Waals surface area contributed by atoms with E-state index in [1.54, 1.807) is 13.8 Å². The zero-order valence-corrected chi connectivity index (χ0v) is 30.3. The van der Waals surface area contributed by atoms with Crippen LogP contribution in [0.5, 0.6) is 0 Å². The minimum Gasteiger partial charge on any atom is -0.465 e. The summed E-state index contributed by atoms with van der Waals surface area (Å²) in [5.41, 5.74) is 12.4. The standard InChI is InChI=1S/C26H31FN10O13P2S/c1-11(2)46-26(39)43-10-53-52(41)45-5-13-18(14(27)24(48-13)36-8-34-15-20(28)30-6-32-22(15)36)49-51(40,42-3)44-4-12-17(38)19(50-52)25(47-12)37-9-35-16-21(29)31-7-33-23(16)37/h6-9,11-12,14,17,19,24-25,38H,4-5,10H2,1-3H3,(H2,28,30,32)(H2,29,31,33). The van der Waals surface area contributed by atoms with Gasteiger partial charge in [0.05, 0.1) is 19.0 Å². The van der Waals surface area contributed by atoms with Gasteiger partial charge in [-0.3, -0.25) is 27.2 Å². The van der Waals surface area contributed by atoms with Gasteiger partial charge in [-0.25, -0.2) is 48.2 Å². The molecule has 0 amide bonds. The molecule has 0 spiro atoms. The SMILES string of the molecule is COP1(=O)OCC2OC(n3cnc4c(N)ncnc43)C(OP(=O)(SCOC(=O)OC(C)C)OCC3=C(O1)C(F)C(n1cnc4c(N)ncnc41)O3)C2O. The van der Waals surface area contributed by atoms with Gasteiger partial charge in [0.2, 0.25) is 12.4 Å². The molecule has 7 heterocycles. The van der Waals surface area contributed by atoms with E-state index in [-0.39, 0.29) is 34.0 Å². The molecule has 0 saturated carbocycles. The van der Waals surface area contributed by atoms with Gasteiger partial charge in [-0.1, -0.05) is 0 Å². The zero-order valence-electron chi connectivity index (χ0n) is 27.7. The Hall–Kier alpha value is -4.19. The van der Waals surface area contributed by atoms with Crippen LogP contribution in [-0.4, -0.2) is 107 Å². The summed E-state index contributed by atoms with van der Waals surface area (Å²) in [5.74, 6) is -1.77. The topological polar surface area (TPSA) is 294 Å². The molecule has 3 aliphatic heterocycles. The van der Waals surface area contributed by atoms with Crippen LogP contribution in [-0.2, 0) is 50.7 Å². The molecule has 5 N–H and O–H groups in total. The van der Waals surface area contributed by atoms with E-state index in [1.165, 1.54) is 28.1 Å². The Bertz CT molecular complexity index is 2160. The molecule has 0 aliphatic carbocycles. The predicted molar refractivity (Wildman–Crippen MR) is 177 cm³/mol. The minimum atomic E-state index is -4.72. The second-order valence-corrected chi connectivity index (χ2v) is 17.2. The van der Waals surface area contributed by atoms with E-state index in [0.717, 1.165) is 13.4 Å². The number of aliphatic hydroxyl groups excluding tert-OH is 1. The quantitative estimate of drug-likeness (QED) is 0.137. The zero-order chi connectivity index (χ0) is 37.7. The van der Waals surface area contributed by atoms with Crippen molar-refractivity contribution in [1.29, 1.82) is 0 Å². The summed E-state index contributed by atoms with van der Waals surface area (Å²) in [5, 5.41) is 11.5. The maximum Gasteiger partial charge on any atom is 0.529 e. The van der Waals surface area contributed by atoms with Crippen LogP contribution >= 0.6 is 26.0 Å². The van der Waals surface area contributed by atoms with E-state index in [4.69, 9.17) is 53.0 Å². The van der Waals surface area contributed by atoms with Crippen LogP contribution in [0.25, 0.3) is 22.3 Å². The first-order valence-corrected chi connectivity index (χ1v) is 20.0. The molecule has 8 atom stereocenters. The smallest absolute Gasteiger partial charge is 0.465 e. The number of carbonyl (C=O) groups excluding carboxylic acids is 1. The number of imidazole rings is 2. The van der Waals surface area contributed by atoms with Crippen LogP contribution in [0, 0.1) is 0 Å². The summed E-state index contributed by atoms with van der Waals surface area (Å²) in [6.45, 7) is -3.01. The maximum absolute atomic E-state index is 16.4. The highest BCUT2D eigenvalue weighted by Crippen LogP contribution is 2.64. The van der Waals surface area contributed by atoms with Crippen molar-refractivity contribution in [2.24, 2.45) is 0 Å². The number of rotatable bonds is 7. The van der Waals surface area contributed by atoms with Gasteiger partial charge in [0.15, 0.2) is 46.6 Å². The van der Waals surface area contributed by atoms with Gasteiger partial charge in [-0.15, -0.1) is 0 Å². The highest BCUT2D eigenvalue weighted by atomic mass is 32.7. The summed E-state index contributed by atoms with van der Waals surface area (Å²) in [4.78, 5) is 36.6. The Labute approximate surface area is 301 Å². The van der Waals surface area contributed by atoms with Gasteiger partial charge in [0.1, 0.15) is 54.9 Å². The number of nitrogen functional groups attached to an aromatic ring is 2. The molecule has 4 aromatic rings. The maximum atomic E-state index is 16.4. The molecule has 27 heteroatoms. The van der Waals surface area contributed by atoms with Crippen molar-refractivity contribution in [1.82, 2.24) is 39.0 Å². The van der Waals surface area contributed by atoms with E-state index in [9.17, 15) is 19.0 Å². The first-order valence-electron chi connectivity index (χ1n) is 15.4. The fourth-order valence-corrected chi connectivity index (χ4v) is 9.10. The number of hydrogen-bond donors (Lipinski definition) is 3. The molecular formula is C26H31FN10O13P2S. The molecule has 2 bridgehead atoms. The average Bonchev–Trinajstić information content (AvgIpc) is 3.88. The number of carbonyl (C=O) groups is 1. The van der Waals surface area contributed by atoms with Crippen molar-refractivity contribution in [2.45, 2.75) is 56.9 Å². The van der Waals surface area contributed by atoms with Crippen molar-refractivity contribution >= 4 is 66.1 Å². The third-order valence-corrected chi connectivity index (χ3v) is 12.5. The number of phosphoric ester groups is 1. The van der Waals surface area contributed by atoms with E-state index >= 15 is 4.39 Å². The summed E-state index contributed by atoms with van der Waals surface area (Å²) in [7, 11) is -3.74. The van der Waals surface area contributed by atoms with Crippen molar-refractivity contribution < 1.29 is 65.0 Å². The number of nitrogens with zero attached hydrogens (tertiary/aromatic N) is 8. The molecule has 7 rings (SSSR count). The van der Waals surface area contributed by atoms with Crippen molar-refractivity contribution in [3.63, 3.8) is 0 Å². The molecule has 1 saturated heterocycles. The molecule has 8 unspecified atom stereocenters. The number of alkyl halides is 1. The fraction of sp³-hybridized carbons (Fsp3) is 0.500. The van der Waals surface area contributed by atoms with E-state index in [0.29, 0.717) is 11.4 Å². The Morgan fingerprint density at radius 3 is 2.30 bits per heavy atom. The minimum absolute atomic E-state index is 0.00781. The first kappa shape index (κ1) is 37.1. The number of phosphoric acid groups is 1. The van der Waals surface area contributed by atoms with Crippen LogP contribution in [0.3, 0.4) is 0 Å². The van der Waals surface area contributed by atoms with Crippen LogP contribution in [0.1, 0.15) is 26.3 Å². The van der Waals surface area contributed by atoms with Gasteiger partial charge in [0.25, 0.3) is 0 Å². The van der Waals surface area contributed by atoms with E-state index < -0.39 is 94.5 Å². The Morgan fingerprint density at radius 1 is 1.04 bits per heavy atom. The second kappa shape index (κ2) is 14.6. The van der Waals surface area contributed by atoms with Gasteiger partial charge < -0.3 is 40.0 Å². The third kappa shape index (κ3) is 7.23. The molecule has 1 fully saturated rings. The molecule has 3 aliphatic rings. The molecule has 0 aromatic carbocycles. The Balaban J connectivity index is 1.25. The summed E-state index contributed by atoms with van der Waals surface area (Å²) in [6, 6.07) is 0. The lowest BCUT2D eigenvalue weighted by atomic mass is 10.1. The Kier molecular flexibility index (Phi) is 10.2. The number of fused-ring (bicyclic) bond motifs is 4. The lowest BCUT2D eigenvalue weighted by molar-refractivity contribution is -0.0500. The molecule has 53 heavy (non-hydrogen) atoms. The molecule has 286 valence electrons. The number of ether oxygens (including phenoxy) is 4. The summed E-state index contributed by atoms with van der Waals surface area (Å²) < 4.78 is 97.1. The molecular weight excluding hydrogens is 773 g/mol. The van der Waals surface area contributed by atoms with Gasteiger partial charge in [-0.05, 0) is 13.8 Å². The van der Waals surface area contributed by atoms with Crippen LogP contribution in [0.15, 0.2) is 36.8 Å². The largest absolute Gasteiger partial charge is 0.529 e. The number of nitrogens with two attached hydrogens (primary N) is 2. The van der Waals surface area contributed by atoms with E-state index in [2.05, 4.69) is 29.9 Å². The lowest BCUT2D eigenvalue weighted by Gasteiger charge is -2.26.